The summed E-state index contributed by atoms with van der Waals surface area (Å²) in [6.07, 6.45) is 6.63. The van der Waals surface area contributed by atoms with Gasteiger partial charge in [0, 0.05) is 18.8 Å². The lowest BCUT2D eigenvalue weighted by atomic mass is 9.99. The van der Waals surface area contributed by atoms with Gasteiger partial charge in [0.1, 0.15) is 0 Å². The van der Waals surface area contributed by atoms with Crippen molar-refractivity contribution in [2.75, 3.05) is 18.6 Å². The highest BCUT2D eigenvalue weighted by Crippen LogP contribution is 2.37. The van der Waals surface area contributed by atoms with Crippen molar-refractivity contribution in [2.24, 2.45) is 0 Å². The molecule has 0 saturated heterocycles. The van der Waals surface area contributed by atoms with E-state index in [4.69, 9.17) is 0 Å². The first kappa shape index (κ1) is 9.77. The molecule has 2 aliphatic rings. The molecule has 4 rings (SSSR count). The van der Waals surface area contributed by atoms with Gasteiger partial charge in [-0.15, -0.1) is 0 Å². The largest absolute Gasteiger partial charge is 0.361 e. The van der Waals surface area contributed by atoms with Crippen LogP contribution in [0.25, 0.3) is 16.8 Å². The van der Waals surface area contributed by atoms with Crippen molar-refractivity contribution in [3.05, 3.63) is 59.9 Å². The smallest absolute Gasteiger partial charge is 0.0945 e. The summed E-state index contributed by atoms with van der Waals surface area (Å²) in [5, 5.41) is 2.64. The Hall–Kier alpha value is -2.22. The summed E-state index contributed by atoms with van der Waals surface area (Å²) in [4.78, 5) is 4.58. The quantitative estimate of drug-likeness (QED) is 0.689. The first-order valence-electron chi connectivity index (χ1n) is 6.22. The number of rotatable bonds is 0. The molecule has 2 aromatic carbocycles. The van der Waals surface area contributed by atoms with Crippen molar-refractivity contribution in [3.63, 3.8) is 0 Å². The molecule has 2 aromatic rings. The Morgan fingerprint density at radius 1 is 1.00 bits per heavy atom. The first-order valence-corrected chi connectivity index (χ1v) is 6.22. The summed E-state index contributed by atoms with van der Waals surface area (Å²) in [6.45, 7) is 0.936. The third-order valence-electron chi connectivity index (χ3n) is 3.69. The molecule has 2 heteroatoms. The van der Waals surface area contributed by atoms with Crippen LogP contribution in [0.5, 0.6) is 0 Å². The van der Waals surface area contributed by atoms with Gasteiger partial charge >= 0.3 is 0 Å². The molecule has 0 spiro atoms. The molecule has 0 aromatic heterocycles. The van der Waals surface area contributed by atoms with E-state index in [0.717, 1.165) is 6.67 Å². The average Bonchev–Trinajstić information content (AvgIpc) is 2.79. The third kappa shape index (κ3) is 1.23. The normalized spacial score (nSPS) is 16.8. The first-order chi connectivity index (χ1) is 8.83. The number of nitrogens with zero attached hydrogens (tertiary/aromatic N) is 2. The maximum atomic E-state index is 2.36. The Kier molecular flexibility index (Phi) is 1.84. The molecular weight excluding hydrogens is 220 g/mol. The van der Waals surface area contributed by atoms with Gasteiger partial charge in [-0.3, -0.25) is 0 Å². The minimum atomic E-state index is 0.936. The lowest BCUT2D eigenvalue weighted by Crippen LogP contribution is -2.25. The molecule has 0 aliphatic carbocycles. The molecule has 2 aliphatic heterocycles. The van der Waals surface area contributed by atoms with Crippen LogP contribution < -0.4 is 4.90 Å². The van der Waals surface area contributed by atoms with Gasteiger partial charge in [0.05, 0.1) is 18.1 Å². The minimum absolute atomic E-state index is 0.936. The van der Waals surface area contributed by atoms with Gasteiger partial charge in [-0.1, -0.05) is 36.4 Å². The molecule has 0 N–H and O–H groups in total. The maximum absolute atomic E-state index is 2.36. The SMILES string of the molecule is CN1C=C2C=Cc3c(ccc4ccccc34)N2C1. The van der Waals surface area contributed by atoms with Crippen molar-refractivity contribution in [2.45, 2.75) is 0 Å². The second-order valence-electron chi connectivity index (χ2n) is 4.93. The fourth-order valence-corrected chi connectivity index (χ4v) is 2.85. The molecule has 0 fully saturated rings. The number of anilines is 1. The molecular formula is C16H14N2. The van der Waals surface area contributed by atoms with Crippen molar-refractivity contribution < 1.29 is 0 Å². The average molecular weight is 234 g/mol. The van der Waals surface area contributed by atoms with Crippen LogP contribution >= 0.6 is 0 Å². The fourth-order valence-electron chi connectivity index (χ4n) is 2.85. The summed E-state index contributed by atoms with van der Waals surface area (Å²) in [6, 6.07) is 13.0. The highest BCUT2D eigenvalue weighted by molar-refractivity contribution is 5.98. The predicted octanol–water partition coefficient (Wildman–Crippen LogP) is 3.42. The van der Waals surface area contributed by atoms with Crippen LogP contribution in [0.3, 0.4) is 0 Å². The van der Waals surface area contributed by atoms with Gasteiger partial charge in [0.15, 0.2) is 0 Å². The lowest BCUT2D eigenvalue weighted by Gasteiger charge is -2.27. The van der Waals surface area contributed by atoms with Crippen molar-refractivity contribution in [3.8, 4) is 0 Å². The van der Waals surface area contributed by atoms with Gasteiger partial charge in [-0.2, -0.15) is 0 Å². The predicted molar refractivity (Wildman–Crippen MR) is 76.2 cm³/mol. The molecule has 2 nitrogen and oxygen atoms in total. The van der Waals surface area contributed by atoms with Crippen LogP contribution in [0.1, 0.15) is 5.56 Å². The molecule has 0 radical (unpaired) electrons. The van der Waals surface area contributed by atoms with Crippen LogP contribution in [0.2, 0.25) is 0 Å². The standard InChI is InChI=1S/C16H14N2/c1-17-10-13-7-8-15-14-5-3-2-4-12(14)6-9-16(15)18(13)11-17/h2-10H,11H2,1H3. The molecule has 0 bridgehead atoms. The Bertz CT molecular complexity index is 697. The Morgan fingerprint density at radius 3 is 2.83 bits per heavy atom. The summed E-state index contributed by atoms with van der Waals surface area (Å²) in [7, 11) is 2.11. The van der Waals surface area contributed by atoms with Gasteiger partial charge < -0.3 is 9.80 Å². The zero-order valence-electron chi connectivity index (χ0n) is 10.3. The van der Waals surface area contributed by atoms with E-state index >= 15 is 0 Å². The van der Waals surface area contributed by atoms with Crippen molar-refractivity contribution in [1.29, 1.82) is 0 Å². The Balaban J connectivity index is 2.00. The Morgan fingerprint density at radius 2 is 1.89 bits per heavy atom. The monoisotopic (exact) mass is 234 g/mol. The van der Waals surface area contributed by atoms with Crippen LogP contribution in [0.4, 0.5) is 5.69 Å². The summed E-state index contributed by atoms with van der Waals surface area (Å²) in [5.41, 5.74) is 3.92. The molecule has 0 amide bonds. The summed E-state index contributed by atoms with van der Waals surface area (Å²) in [5.74, 6) is 0. The maximum Gasteiger partial charge on any atom is 0.0945 e. The number of allylic oxidation sites excluding steroid dienone is 1. The number of hydrogen-bond donors (Lipinski definition) is 0. The van der Waals surface area contributed by atoms with Crippen LogP contribution in [-0.2, 0) is 0 Å². The topological polar surface area (TPSA) is 6.48 Å². The highest BCUT2D eigenvalue weighted by atomic mass is 15.3. The second-order valence-corrected chi connectivity index (χ2v) is 4.93. The number of fused-ring (bicyclic) bond motifs is 5. The van der Waals surface area contributed by atoms with E-state index in [1.807, 2.05) is 0 Å². The van der Waals surface area contributed by atoms with E-state index in [9.17, 15) is 0 Å². The minimum Gasteiger partial charge on any atom is -0.361 e. The summed E-state index contributed by atoms with van der Waals surface area (Å²) < 4.78 is 0. The van der Waals surface area contributed by atoms with E-state index in [1.165, 1.54) is 27.7 Å². The Labute approximate surface area is 106 Å². The van der Waals surface area contributed by atoms with Gasteiger partial charge in [-0.25, -0.2) is 0 Å². The van der Waals surface area contributed by atoms with Gasteiger partial charge in [-0.05, 0) is 22.9 Å². The van der Waals surface area contributed by atoms with Crippen LogP contribution in [-0.4, -0.2) is 18.6 Å². The van der Waals surface area contributed by atoms with Crippen LogP contribution in [0, 0.1) is 0 Å². The molecule has 0 saturated carbocycles. The molecule has 0 atom stereocenters. The van der Waals surface area contributed by atoms with E-state index in [-0.39, 0.29) is 0 Å². The second kappa shape index (κ2) is 3.39. The van der Waals surface area contributed by atoms with Gasteiger partial charge in [0.2, 0.25) is 0 Å². The highest BCUT2D eigenvalue weighted by Gasteiger charge is 2.23. The summed E-state index contributed by atoms with van der Waals surface area (Å²) >= 11 is 0. The van der Waals surface area contributed by atoms with E-state index in [0.29, 0.717) is 0 Å². The molecule has 2 heterocycles. The van der Waals surface area contributed by atoms with E-state index in [1.54, 1.807) is 0 Å². The van der Waals surface area contributed by atoms with Crippen LogP contribution in [0.15, 0.2) is 54.4 Å². The van der Waals surface area contributed by atoms with E-state index < -0.39 is 0 Å². The zero-order chi connectivity index (χ0) is 12.1. The number of benzene rings is 2. The zero-order valence-corrected chi connectivity index (χ0v) is 10.3. The van der Waals surface area contributed by atoms with E-state index in [2.05, 4.69) is 71.6 Å². The fraction of sp³-hybridized carbons (Fsp3) is 0.125. The third-order valence-corrected chi connectivity index (χ3v) is 3.69. The molecule has 88 valence electrons. The lowest BCUT2D eigenvalue weighted by molar-refractivity contribution is 0.495. The molecule has 0 unspecified atom stereocenters. The van der Waals surface area contributed by atoms with Crippen molar-refractivity contribution in [1.82, 2.24) is 4.90 Å². The molecule has 18 heavy (non-hydrogen) atoms. The van der Waals surface area contributed by atoms with Crippen molar-refractivity contribution >= 4 is 22.5 Å². The van der Waals surface area contributed by atoms with Gasteiger partial charge in [0.25, 0.3) is 0 Å². The number of hydrogen-bond acceptors (Lipinski definition) is 2.